The predicted molar refractivity (Wildman–Crippen MR) is 81.3 cm³/mol. The van der Waals surface area contributed by atoms with Crippen LogP contribution in [0, 0.1) is 12.8 Å². The Hall–Kier alpha value is -2.04. The first kappa shape index (κ1) is 13.6. The minimum atomic E-state index is 0.117. The average Bonchev–Trinajstić information content (AvgIpc) is 2.93. The van der Waals surface area contributed by atoms with Gasteiger partial charge in [-0.15, -0.1) is 0 Å². The standard InChI is InChI=1S/C17H21N3O2/c1-12-9-18-19(10-12)11-13-4-2-6-20(13)17(21)15-8-14(15)16-5-3-7-22-16/h3,5,7,9-10,13-15H,2,4,6,8,11H2,1H3/t13-,14+,15-/m0/s1. The molecule has 0 bridgehead atoms. The fourth-order valence-corrected chi connectivity index (χ4v) is 3.60. The normalized spacial score (nSPS) is 27.3. The highest BCUT2D eigenvalue weighted by molar-refractivity contribution is 5.83. The molecule has 1 aliphatic carbocycles. The fourth-order valence-electron chi connectivity index (χ4n) is 3.60. The summed E-state index contributed by atoms with van der Waals surface area (Å²) in [6.07, 6.45) is 8.70. The zero-order valence-electron chi connectivity index (χ0n) is 12.8. The van der Waals surface area contributed by atoms with Crippen LogP contribution in [0.3, 0.4) is 0 Å². The van der Waals surface area contributed by atoms with Crippen LogP contribution < -0.4 is 0 Å². The molecule has 0 N–H and O–H groups in total. The van der Waals surface area contributed by atoms with Gasteiger partial charge in [-0.2, -0.15) is 5.10 Å². The quantitative estimate of drug-likeness (QED) is 0.872. The number of rotatable bonds is 4. The molecule has 116 valence electrons. The molecule has 1 saturated heterocycles. The number of amides is 1. The van der Waals surface area contributed by atoms with Crippen molar-refractivity contribution in [1.29, 1.82) is 0 Å². The lowest BCUT2D eigenvalue weighted by Crippen LogP contribution is -2.39. The summed E-state index contributed by atoms with van der Waals surface area (Å²) < 4.78 is 7.40. The van der Waals surface area contributed by atoms with Crippen LogP contribution in [0.2, 0.25) is 0 Å². The third-order valence-electron chi connectivity index (χ3n) is 4.84. The second-order valence-electron chi connectivity index (χ2n) is 6.53. The molecule has 0 aromatic carbocycles. The first-order valence-electron chi connectivity index (χ1n) is 8.05. The Morgan fingerprint density at radius 1 is 1.50 bits per heavy atom. The highest BCUT2D eigenvalue weighted by Gasteiger charge is 2.49. The van der Waals surface area contributed by atoms with E-state index in [0.717, 1.165) is 43.7 Å². The van der Waals surface area contributed by atoms with Crippen LogP contribution in [-0.2, 0) is 11.3 Å². The third kappa shape index (κ3) is 2.45. The summed E-state index contributed by atoms with van der Waals surface area (Å²) in [5.74, 6) is 1.66. The summed E-state index contributed by atoms with van der Waals surface area (Å²) in [6, 6.07) is 4.16. The van der Waals surface area contributed by atoms with Crippen molar-refractivity contribution in [2.45, 2.75) is 44.7 Å². The van der Waals surface area contributed by atoms with E-state index in [1.54, 1.807) is 6.26 Å². The van der Waals surface area contributed by atoms with Crippen LogP contribution in [0.1, 0.15) is 36.5 Å². The molecule has 4 rings (SSSR count). The van der Waals surface area contributed by atoms with Crippen molar-refractivity contribution in [3.8, 4) is 0 Å². The number of aryl methyl sites for hydroxylation is 1. The van der Waals surface area contributed by atoms with Crippen LogP contribution in [0.5, 0.6) is 0 Å². The number of nitrogens with zero attached hydrogens (tertiary/aromatic N) is 3. The number of aromatic nitrogens is 2. The molecule has 0 spiro atoms. The molecule has 3 heterocycles. The van der Waals surface area contributed by atoms with E-state index in [-0.39, 0.29) is 17.9 Å². The van der Waals surface area contributed by atoms with Gasteiger partial charge in [0.25, 0.3) is 0 Å². The maximum atomic E-state index is 12.8. The highest BCUT2D eigenvalue weighted by atomic mass is 16.3. The van der Waals surface area contributed by atoms with Crippen molar-refractivity contribution in [2.75, 3.05) is 6.54 Å². The van der Waals surface area contributed by atoms with E-state index in [2.05, 4.69) is 10.00 Å². The number of hydrogen-bond donors (Lipinski definition) is 0. The predicted octanol–water partition coefficient (Wildman–Crippen LogP) is 2.58. The minimum absolute atomic E-state index is 0.117. The second kappa shape index (κ2) is 5.30. The largest absolute Gasteiger partial charge is 0.469 e. The number of likely N-dealkylation sites (tertiary alicyclic amines) is 1. The van der Waals surface area contributed by atoms with Crippen molar-refractivity contribution in [1.82, 2.24) is 14.7 Å². The van der Waals surface area contributed by atoms with E-state index in [9.17, 15) is 4.79 Å². The summed E-state index contributed by atoms with van der Waals surface area (Å²) in [5.41, 5.74) is 1.16. The number of carbonyl (C=O) groups is 1. The number of furan rings is 1. The van der Waals surface area contributed by atoms with Gasteiger partial charge >= 0.3 is 0 Å². The molecule has 2 aliphatic rings. The summed E-state index contributed by atoms with van der Waals surface area (Å²) >= 11 is 0. The lowest BCUT2D eigenvalue weighted by molar-refractivity contribution is -0.133. The smallest absolute Gasteiger partial charge is 0.226 e. The van der Waals surface area contributed by atoms with Crippen LogP contribution >= 0.6 is 0 Å². The highest BCUT2D eigenvalue weighted by Crippen LogP contribution is 2.49. The number of hydrogen-bond acceptors (Lipinski definition) is 3. The third-order valence-corrected chi connectivity index (χ3v) is 4.84. The van der Waals surface area contributed by atoms with E-state index in [4.69, 9.17) is 4.42 Å². The van der Waals surface area contributed by atoms with E-state index >= 15 is 0 Å². The van der Waals surface area contributed by atoms with Gasteiger partial charge in [-0.3, -0.25) is 9.48 Å². The molecule has 1 aliphatic heterocycles. The first-order chi connectivity index (χ1) is 10.7. The van der Waals surface area contributed by atoms with Crippen LogP contribution in [-0.4, -0.2) is 33.2 Å². The average molecular weight is 299 g/mol. The molecular formula is C17H21N3O2. The SMILES string of the molecule is Cc1cnn(C[C@@H]2CCCN2C(=O)[C@H]2C[C@H]2c2ccco2)c1. The summed E-state index contributed by atoms with van der Waals surface area (Å²) in [5, 5.41) is 4.35. The van der Waals surface area contributed by atoms with Crippen molar-refractivity contribution in [3.63, 3.8) is 0 Å². The molecule has 5 heteroatoms. The Bertz CT molecular complexity index is 661. The fraction of sp³-hybridized carbons (Fsp3) is 0.529. The molecule has 0 unspecified atom stereocenters. The Kier molecular flexibility index (Phi) is 3.28. The lowest BCUT2D eigenvalue weighted by atomic mass is 10.2. The van der Waals surface area contributed by atoms with Gasteiger partial charge < -0.3 is 9.32 Å². The van der Waals surface area contributed by atoms with Crippen LogP contribution in [0.25, 0.3) is 0 Å². The first-order valence-corrected chi connectivity index (χ1v) is 8.05. The molecule has 2 aromatic rings. The summed E-state index contributed by atoms with van der Waals surface area (Å²) in [7, 11) is 0. The molecule has 1 saturated carbocycles. The molecule has 3 atom stereocenters. The molecule has 2 aromatic heterocycles. The van der Waals surface area contributed by atoms with Crippen molar-refractivity contribution in [3.05, 3.63) is 42.1 Å². The van der Waals surface area contributed by atoms with Gasteiger partial charge in [0.2, 0.25) is 5.91 Å². The topological polar surface area (TPSA) is 51.3 Å². The maximum absolute atomic E-state index is 12.8. The van der Waals surface area contributed by atoms with E-state index in [1.807, 2.05) is 36.1 Å². The second-order valence-corrected chi connectivity index (χ2v) is 6.53. The Balaban J connectivity index is 1.42. The Labute approximate surface area is 129 Å². The maximum Gasteiger partial charge on any atom is 0.226 e. The molecule has 2 fully saturated rings. The van der Waals surface area contributed by atoms with Crippen LogP contribution in [0.15, 0.2) is 35.2 Å². The van der Waals surface area contributed by atoms with Gasteiger partial charge in [0, 0.05) is 24.6 Å². The van der Waals surface area contributed by atoms with Crippen molar-refractivity contribution in [2.24, 2.45) is 5.92 Å². The molecule has 22 heavy (non-hydrogen) atoms. The van der Waals surface area contributed by atoms with Gasteiger partial charge in [-0.05, 0) is 43.9 Å². The van der Waals surface area contributed by atoms with Crippen molar-refractivity contribution >= 4 is 5.91 Å². The van der Waals surface area contributed by atoms with Gasteiger partial charge in [0.1, 0.15) is 5.76 Å². The molecule has 1 amide bonds. The summed E-state index contributed by atoms with van der Waals surface area (Å²) in [6.45, 7) is 3.72. The summed E-state index contributed by atoms with van der Waals surface area (Å²) in [4.78, 5) is 14.8. The van der Waals surface area contributed by atoms with Gasteiger partial charge in [0.05, 0.1) is 25.0 Å². The lowest BCUT2D eigenvalue weighted by Gasteiger charge is -2.25. The minimum Gasteiger partial charge on any atom is -0.469 e. The van der Waals surface area contributed by atoms with E-state index in [1.165, 1.54) is 0 Å². The van der Waals surface area contributed by atoms with Crippen molar-refractivity contribution < 1.29 is 9.21 Å². The Morgan fingerprint density at radius 3 is 3.14 bits per heavy atom. The molecule has 0 radical (unpaired) electrons. The molecule has 5 nitrogen and oxygen atoms in total. The van der Waals surface area contributed by atoms with Gasteiger partial charge in [0.15, 0.2) is 0 Å². The van der Waals surface area contributed by atoms with E-state index in [0.29, 0.717) is 5.91 Å². The zero-order chi connectivity index (χ0) is 15.1. The Morgan fingerprint density at radius 2 is 2.41 bits per heavy atom. The van der Waals surface area contributed by atoms with Gasteiger partial charge in [-0.25, -0.2) is 0 Å². The zero-order valence-corrected chi connectivity index (χ0v) is 12.8. The molecular weight excluding hydrogens is 278 g/mol. The van der Waals surface area contributed by atoms with E-state index < -0.39 is 0 Å². The van der Waals surface area contributed by atoms with Crippen LogP contribution in [0.4, 0.5) is 0 Å². The van der Waals surface area contributed by atoms with Gasteiger partial charge in [-0.1, -0.05) is 0 Å². The number of carbonyl (C=O) groups excluding carboxylic acids is 1. The monoisotopic (exact) mass is 299 g/mol.